The molecular formula is C19H23NO3. The van der Waals surface area contributed by atoms with E-state index < -0.39 is 6.10 Å². The van der Waals surface area contributed by atoms with Crippen molar-refractivity contribution < 1.29 is 14.3 Å². The van der Waals surface area contributed by atoms with E-state index in [-0.39, 0.29) is 11.9 Å². The number of hydrogen-bond acceptors (Lipinski definition) is 3. The number of para-hydroxylation sites is 2. The lowest BCUT2D eigenvalue weighted by molar-refractivity contribution is -0.128. The van der Waals surface area contributed by atoms with Crippen LogP contribution in [0.3, 0.4) is 0 Å². The molecule has 0 fully saturated rings. The van der Waals surface area contributed by atoms with Gasteiger partial charge in [0.25, 0.3) is 5.91 Å². The summed E-state index contributed by atoms with van der Waals surface area (Å²) in [6.07, 6.45) is 0.0169. The molecule has 0 radical (unpaired) electrons. The summed E-state index contributed by atoms with van der Waals surface area (Å²) in [5, 5.41) is 3.00. The minimum Gasteiger partial charge on any atom is -0.493 e. The Kier molecular flexibility index (Phi) is 6.03. The molecule has 0 heterocycles. The fourth-order valence-electron chi connectivity index (χ4n) is 2.32. The van der Waals surface area contributed by atoms with Crippen LogP contribution >= 0.6 is 0 Å². The van der Waals surface area contributed by atoms with Gasteiger partial charge in [0, 0.05) is 0 Å². The third kappa shape index (κ3) is 4.49. The number of amides is 1. The summed E-state index contributed by atoms with van der Waals surface area (Å²) in [5.74, 6) is 1.06. The smallest absolute Gasteiger partial charge is 0.261 e. The highest BCUT2D eigenvalue weighted by atomic mass is 16.5. The molecule has 4 nitrogen and oxygen atoms in total. The molecule has 4 heteroatoms. The number of methoxy groups -OCH3 is 1. The van der Waals surface area contributed by atoms with Gasteiger partial charge in [-0.3, -0.25) is 4.79 Å². The van der Waals surface area contributed by atoms with Crippen LogP contribution in [0.25, 0.3) is 0 Å². The van der Waals surface area contributed by atoms with Gasteiger partial charge in [-0.15, -0.1) is 0 Å². The second kappa shape index (κ2) is 8.22. The monoisotopic (exact) mass is 313 g/mol. The van der Waals surface area contributed by atoms with Crippen molar-refractivity contribution in [3.8, 4) is 11.5 Å². The van der Waals surface area contributed by atoms with E-state index in [4.69, 9.17) is 9.47 Å². The van der Waals surface area contributed by atoms with Crippen molar-refractivity contribution in [3.05, 3.63) is 60.2 Å². The average molecular weight is 313 g/mol. The third-order valence-electron chi connectivity index (χ3n) is 3.66. The summed E-state index contributed by atoms with van der Waals surface area (Å²) in [5.41, 5.74) is 1.06. The molecule has 0 aliphatic heterocycles. The molecule has 122 valence electrons. The molecule has 0 bridgehead atoms. The van der Waals surface area contributed by atoms with E-state index in [1.165, 1.54) is 0 Å². The van der Waals surface area contributed by atoms with E-state index in [2.05, 4.69) is 5.32 Å². The Balaban J connectivity index is 2.04. The standard InChI is InChI=1S/C19H23NO3/c1-4-16(23-18-13-9-8-12-17(18)22-3)19(21)20-14(2)15-10-6-5-7-11-15/h5-14,16H,4H2,1-3H3,(H,20,21)/t14-,16-/m1/s1. The molecule has 0 unspecified atom stereocenters. The van der Waals surface area contributed by atoms with Gasteiger partial charge in [0.15, 0.2) is 17.6 Å². The van der Waals surface area contributed by atoms with Gasteiger partial charge in [0.2, 0.25) is 0 Å². The van der Waals surface area contributed by atoms with Gasteiger partial charge in [-0.05, 0) is 31.0 Å². The van der Waals surface area contributed by atoms with Crippen LogP contribution < -0.4 is 14.8 Å². The van der Waals surface area contributed by atoms with Gasteiger partial charge in [-0.2, -0.15) is 0 Å². The Morgan fingerprint density at radius 1 is 1.04 bits per heavy atom. The van der Waals surface area contributed by atoms with E-state index >= 15 is 0 Å². The molecule has 23 heavy (non-hydrogen) atoms. The van der Waals surface area contributed by atoms with Gasteiger partial charge in [-0.1, -0.05) is 49.4 Å². The highest BCUT2D eigenvalue weighted by molar-refractivity contribution is 5.81. The normalized spacial score (nSPS) is 13.0. The first-order valence-electron chi connectivity index (χ1n) is 7.80. The molecule has 0 spiro atoms. The summed E-state index contributed by atoms with van der Waals surface area (Å²) < 4.78 is 11.1. The summed E-state index contributed by atoms with van der Waals surface area (Å²) in [6, 6.07) is 17.1. The molecular weight excluding hydrogens is 290 g/mol. The third-order valence-corrected chi connectivity index (χ3v) is 3.66. The van der Waals surface area contributed by atoms with Crippen LogP contribution in [0.5, 0.6) is 11.5 Å². The van der Waals surface area contributed by atoms with Crippen molar-refractivity contribution in [1.29, 1.82) is 0 Å². The first kappa shape index (κ1) is 16.9. The van der Waals surface area contributed by atoms with Crippen LogP contribution in [-0.4, -0.2) is 19.1 Å². The van der Waals surface area contributed by atoms with E-state index in [1.54, 1.807) is 13.2 Å². The predicted molar refractivity (Wildman–Crippen MR) is 90.7 cm³/mol. The SMILES string of the molecule is CC[C@@H](Oc1ccccc1OC)C(=O)N[C@H](C)c1ccccc1. The molecule has 0 saturated carbocycles. The number of carbonyl (C=O) groups is 1. The lowest BCUT2D eigenvalue weighted by Crippen LogP contribution is -2.39. The van der Waals surface area contributed by atoms with Crippen LogP contribution in [0, 0.1) is 0 Å². The van der Waals surface area contributed by atoms with Crippen LogP contribution in [0.15, 0.2) is 54.6 Å². The van der Waals surface area contributed by atoms with Gasteiger partial charge in [0.05, 0.1) is 13.2 Å². The van der Waals surface area contributed by atoms with Crippen LogP contribution in [0.1, 0.15) is 31.9 Å². The fraction of sp³-hybridized carbons (Fsp3) is 0.316. The second-order valence-electron chi connectivity index (χ2n) is 5.31. The number of rotatable bonds is 7. The fourth-order valence-corrected chi connectivity index (χ4v) is 2.32. The number of ether oxygens (including phenoxy) is 2. The number of carbonyl (C=O) groups excluding carboxylic acids is 1. The maximum absolute atomic E-state index is 12.5. The molecule has 0 aromatic heterocycles. The van der Waals surface area contributed by atoms with Crippen LogP contribution in [0.2, 0.25) is 0 Å². The maximum Gasteiger partial charge on any atom is 0.261 e. The molecule has 2 aromatic carbocycles. The van der Waals surface area contributed by atoms with Gasteiger partial charge >= 0.3 is 0 Å². The summed E-state index contributed by atoms with van der Waals surface area (Å²) in [6.45, 7) is 3.88. The molecule has 1 amide bonds. The predicted octanol–water partition coefficient (Wildman–Crippen LogP) is 3.73. The van der Waals surface area contributed by atoms with Crippen molar-refractivity contribution in [1.82, 2.24) is 5.32 Å². The van der Waals surface area contributed by atoms with Crippen molar-refractivity contribution >= 4 is 5.91 Å². The highest BCUT2D eigenvalue weighted by Crippen LogP contribution is 2.27. The average Bonchev–Trinajstić information content (AvgIpc) is 2.60. The Hall–Kier alpha value is -2.49. The van der Waals surface area contributed by atoms with Crippen molar-refractivity contribution in [2.24, 2.45) is 0 Å². The molecule has 1 N–H and O–H groups in total. The first-order chi connectivity index (χ1) is 11.2. The van der Waals surface area contributed by atoms with Gasteiger partial charge in [0.1, 0.15) is 0 Å². The lowest BCUT2D eigenvalue weighted by atomic mass is 10.1. The van der Waals surface area contributed by atoms with Crippen molar-refractivity contribution in [2.45, 2.75) is 32.4 Å². The molecule has 0 saturated heterocycles. The highest BCUT2D eigenvalue weighted by Gasteiger charge is 2.21. The minimum atomic E-state index is -0.558. The summed E-state index contributed by atoms with van der Waals surface area (Å²) >= 11 is 0. The lowest BCUT2D eigenvalue weighted by Gasteiger charge is -2.21. The number of nitrogens with one attached hydrogen (secondary N) is 1. The van der Waals surface area contributed by atoms with E-state index in [9.17, 15) is 4.79 Å². The van der Waals surface area contributed by atoms with E-state index in [1.807, 2.05) is 62.4 Å². The van der Waals surface area contributed by atoms with Gasteiger partial charge in [-0.25, -0.2) is 0 Å². The Morgan fingerprint density at radius 3 is 2.26 bits per heavy atom. The molecule has 0 aliphatic rings. The zero-order chi connectivity index (χ0) is 16.7. The van der Waals surface area contributed by atoms with Crippen LogP contribution in [-0.2, 0) is 4.79 Å². The molecule has 0 aliphatic carbocycles. The molecule has 2 rings (SSSR count). The topological polar surface area (TPSA) is 47.6 Å². The Morgan fingerprint density at radius 2 is 1.65 bits per heavy atom. The molecule has 2 aromatic rings. The molecule has 2 atom stereocenters. The van der Waals surface area contributed by atoms with E-state index in [0.29, 0.717) is 17.9 Å². The number of hydrogen-bond donors (Lipinski definition) is 1. The zero-order valence-corrected chi connectivity index (χ0v) is 13.8. The van der Waals surface area contributed by atoms with Crippen molar-refractivity contribution in [2.75, 3.05) is 7.11 Å². The minimum absolute atomic E-state index is 0.0704. The quantitative estimate of drug-likeness (QED) is 0.847. The summed E-state index contributed by atoms with van der Waals surface area (Å²) in [4.78, 5) is 12.5. The van der Waals surface area contributed by atoms with Crippen LogP contribution in [0.4, 0.5) is 0 Å². The largest absolute Gasteiger partial charge is 0.493 e. The Bertz CT molecular complexity index is 628. The zero-order valence-electron chi connectivity index (χ0n) is 13.8. The van der Waals surface area contributed by atoms with Crippen molar-refractivity contribution in [3.63, 3.8) is 0 Å². The maximum atomic E-state index is 12.5. The van der Waals surface area contributed by atoms with Gasteiger partial charge < -0.3 is 14.8 Å². The first-order valence-corrected chi connectivity index (χ1v) is 7.80. The number of benzene rings is 2. The summed E-state index contributed by atoms with van der Waals surface area (Å²) in [7, 11) is 1.58. The van der Waals surface area contributed by atoms with E-state index in [0.717, 1.165) is 5.56 Å². The Labute approximate surface area is 137 Å². The second-order valence-corrected chi connectivity index (χ2v) is 5.31.